The third-order valence-corrected chi connectivity index (χ3v) is 6.38. The van der Waals surface area contributed by atoms with E-state index in [2.05, 4.69) is 60.7 Å². The van der Waals surface area contributed by atoms with Crippen molar-refractivity contribution < 1.29 is 24.5 Å². The maximum absolute atomic E-state index is 12.5. The van der Waals surface area contributed by atoms with E-state index in [-0.39, 0.29) is 11.8 Å². The van der Waals surface area contributed by atoms with E-state index in [4.69, 9.17) is 9.84 Å². The van der Waals surface area contributed by atoms with Crippen LogP contribution in [-0.4, -0.2) is 57.4 Å². The number of hydrogen-bond acceptors (Lipinski definition) is 5. The number of aromatic carboxylic acids is 1. The smallest absolute Gasteiger partial charge is 0.341 e. The van der Waals surface area contributed by atoms with Crippen molar-refractivity contribution in [2.24, 2.45) is 0 Å². The Morgan fingerprint density at radius 1 is 0.944 bits per heavy atom. The lowest BCUT2D eigenvalue weighted by atomic mass is 10.1. The number of pyridine rings is 1. The van der Waals surface area contributed by atoms with Gasteiger partial charge in [-0.2, -0.15) is 0 Å². The molecule has 0 saturated carbocycles. The molecule has 2 aliphatic heterocycles. The molecule has 1 fully saturated rings. The summed E-state index contributed by atoms with van der Waals surface area (Å²) < 4.78 is 6.95. The molecule has 1 unspecified atom stereocenters. The molecule has 2 aliphatic rings. The molecule has 5 rings (SSSR count). The lowest BCUT2D eigenvalue weighted by Gasteiger charge is -2.34. The fourth-order valence-corrected chi connectivity index (χ4v) is 4.48. The molecule has 188 valence electrons. The van der Waals surface area contributed by atoms with Gasteiger partial charge >= 0.3 is 5.97 Å². The van der Waals surface area contributed by atoms with Gasteiger partial charge in [-0.05, 0) is 36.8 Å². The number of aromatic hydroxyl groups is 1. The molecule has 1 amide bonds. The molecule has 3 heterocycles. The van der Waals surface area contributed by atoms with Crippen molar-refractivity contribution in [1.82, 2.24) is 9.47 Å². The summed E-state index contributed by atoms with van der Waals surface area (Å²) in [4.78, 5) is 37.0. The minimum absolute atomic E-state index is 0.0357. The monoisotopic (exact) mass is 490 g/mol. The van der Waals surface area contributed by atoms with Crippen molar-refractivity contribution in [1.29, 1.82) is 0 Å². The third-order valence-electron chi connectivity index (χ3n) is 6.38. The molecule has 0 bridgehead atoms. The van der Waals surface area contributed by atoms with E-state index in [0.29, 0.717) is 26.2 Å². The molecule has 2 aromatic carbocycles. The van der Waals surface area contributed by atoms with Gasteiger partial charge in [0.25, 0.3) is 5.91 Å². The van der Waals surface area contributed by atoms with Gasteiger partial charge in [-0.25, -0.2) is 4.79 Å². The molecule has 1 atom stereocenters. The van der Waals surface area contributed by atoms with E-state index in [9.17, 15) is 19.5 Å². The maximum atomic E-state index is 12.5. The predicted octanol–water partition coefficient (Wildman–Crippen LogP) is 3.55. The van der Waals surface area contributed by atoms with Crippen molar-refractivity contribution in [2.75, 3.05) is 19.7 Å². The maximum Gasteiger partial charge on any atom is 0.341 e. The van der Waals surface area contributed by atoms with Crippen LogP contribution in [0.2, 0.25) is 0 Å². The SMILES string of the molecule is O=C(O)c1cn2c(c(O)c1=O)C(=O)N(CC1CCCCO1)CC2.c1ccc(Cc2ccccc2)cc1. The molecule has 8 heteroatoms. The van der Waals surface area contributed by atoms with Gasteiger partial charge in [-0.15, -0.1) is 0 Å². The average molecular weight is 491 g/mol. The van der Waals surface area contributed by atoms with Crippen LogP contribution in [0.1, 0.15) is 51.2 Å². The first-order chi connectivity index (χ1) is 17.4. The second-order valence-electron chi connectivity index (χ2n) is 8.96. The van der Waals surface area contributed by atoms with Crippen LogP contribution in [0.15, 0.2) is 71.7 Å². The first kappa shape index (κ1) is 25.2. The van der Waals surface area contributed by atoms with E-state index < -0.39 is 28.6 Å². The summed E-state index contributed by atoms with van der Waals surface area (Å²) in [6.07, 6.45) is 5.05. The highest BCUT2D eigenvalue weighted by molar-refractivity contribution is 5.97. The van der Waals surface area contributed by atoms with Crippen molar-refractivity contribution in [3.05, 3.63) is 99.5 Å². The van der Waals surface area contributed by atoms with Gasteiger partial charge in [0.2, 0.25) is 5.43 Å². The lowest BCUT2D eigenvalue weighted by molar-refractivity contribution is -0.00609. The average Bonchev–Trinajstić information content (AvgIpc) is 2.90. The van der Waals surface area contributed by atoms with Crippen molar-refractivity contribution >= 4 is 11.9 Å². The zero-order chi connectivity index (χ0) is 25.5. The van der Waals surface area contributed by atoms with E-state index in [1.165, 1.54) is 15.7 Å². The number of carbonyl (C=O) groups excluding carboxylic acids is 1. The first-order valence-electron chi connectivity index (χ1n) is 12.1. The van der Waals surface area contributed by atoms with Crippen LogP contribution >= 0.6 is 0 Å². The van der Waals surface area contributed by atoms with Gasteiger partial charge in [0, 0.05) is 32.4 Å². The van der Waals surface area contributed by atoms with E-state index in [1.807, 2.05) is 0 Å². The minimum Gasteiger partial charge on any atom is -0.503 e. The number of rotatable bonds is 5. The number of nitrogens with zero attached hydrogens (tertiary/aromatic N) is 2. The Hall–Kier alpha value is -3.91. The number of amides is 1. The second kappa shape index (κ2) is 11.7. The van der Waals surface area contributed by atoms with Gasteiger partial charge in [-0.1, -0.05) is 60.7 Å². The molecule has 36 heavy (non-hydrogen) atoms. The van der Waals surface area contributed by atoms with Crippen molar-refractivity contribution in [3.63, 3.8) is 0 Å². The Bertz CT molecular complexity index is 1210. The Balaban J connectivity index is 0.000000197. The number of carboxylic acid groups (broad SMARTS) is 1. The summed E-state index contributed by atoms with van der Waals surface area (Å²) in [5.74, 6) is -2.70. The molecule has 0 radical (unpaired) electrons. The van der Waals surface area contributed by atoms with Crippen LogP contribution in [0.4, 0.5) is 0 Å². The third kappa shape index (κ3) is 6.01. The number of carbonyl (C=O) groups is 2. The molecular formula is C28H30N2O6. The molecule has 1 saturated heterocycles. The van der Waals surface area contributed by atoms with Crippen LogP contribution in [0.3, 0.4) is 0 Å². The van der Waals surface area contributed by atoms with Crippen LogP contribution < -0.4 is 5.43 Å². The van der Waals surface area contributed by atoms with E-state index in [1.54, 1.807) is 4.90 Å². The van der Waals surface area contributed by atoms with Crippen LogP contribution in [-0.2, 0) is 17.7 Å². The summed E-state index contributed by atoms with van der Waals surface area (Å²) in [5.41, 5.74) is 1.01. The highest BCUT2D eigenvalue weighted by Gasteiger charge is 2.32. The fraction of sp³-hybridized carbons (Fsp3) is 0.321. The van der Waals surface area contributed by atoms with Gasteiger partial charge in [0.15, 0.2) is 11.4 Å². The Morgan fingerprint density at radius 3 is 2.14 bits per heavy atom. The Kier molecular flexibility index (Phi) is 8.17. The van der Waals surface area contributed by atoms with E-state index >= 15 is 0 Å². The van der Waals surface area contributed by atoms with Gasteiger partial charge in [-0.3, -0.25) is 9.59 Å². The number of carboxylic acids is 1. The molecular weight excluding hydrogens is 460 g/mol. The number of aromatic nitrogens is 1. The van der Waals surface area contributed by atoms with Gasteiger partial charge in [0.1, 0.15) is 5.56 Å². The molecule has 8 nitrogen and oxygen atoms in total. The summed E-state index contributed by atoms with van der Waals surface area (Å²) >= 11 is 0. The summed E-state index contributed by atoms with van der Waals surface area (Å²) in [7, 11) is 0. The van der Waals surface area contributed by atoms with Gasteiger partial charge < -0.3 is 24.4 Å². The molecule has 2 N–H and O–H groups in total. The summed E-state index contributed by atoms with van der Waals surface area (Å²) in [5, 5.41) is 19.0. The number of benzene rings is 2. The lowest BCUT2D eigenvalue weighted by Crippen LogP contribution is -2.46. The number of ether oxygens (including phenoxy) is 1. The van der Waals surface area contributed by atoms with Crippen LogP contribution in [0.5, 0.6) is 5.75 Å². The quantitative estimate of drug-likeness (QED) is 0.566. The molecule has 0 spiro atoms. The minimum atomic E-state index is -1.42. The van der Waals surface area contributed by atoms with Gasteiger partial charge in [0.05, 0.1) is 6.10 Å². The second-order valence-corrected chi connectivity index (χ2v) is 8.96. The zero-order valence-corrected chi connectivity index (χ0v) is 20.0. The molecule has 0 aliphatic carbocycles. The Labute approximate surface area is 209 Å². The highest BCUT2D eigenvalue weighted by Crippen LogP contribution is 2.22. The predicted molar refractivity (Wildman–Crippen MR) is 135 cm³/mol. The van der Waals surface area contributed by atoms with E-state index in [0.717, 1.165) is 31.9 Å². The molecule has 1 aromatic heterocycles. The topological polar surface area (TPSA) is 109 Å². The molecule has 3 aromatic rings. The Morgan fingerprint density at radius 2 is 1.58 bits per heavy atom. The summed E-state index contributed by atoms with van der Waals surface area (Å²) in [6.45, 7) is 1.79. The van der Waals surface area contributed by atoms with Crippen molar-refractivity contribution in [2.45, 2.75) is 38.3 Å². The summed E-state index contributed by atoms with van der Waals surface area (Å²) in [6, 6.07) is 21.1. The zero-order valence-electron chi connectivity index (χ0n) is 20.0. The largest absolute Gasteiger partial charge is 0.503 e. The fourth-order valence-electron chi connectivity index (χ4n) is 4.48. The van der Waals surface area contributed by atoms with Crippen molar-refractivity contribution in [3.8, 4) is 5.75 Å². The number of hydrogen-bond donors (Lipinski definition) is 2. The van der Waals surface area contributed by atoms with Crippen LogP contribution in [0, 0.1) is 0 Å². The standard InChI is InChI=1S/C15H18N2O6.C13H12/c18-12-10(15(21)22)8-16-4-5-17(14(20)11(16)13(12)19)7-9-3-1-2-6-23-9;1-3-7-12(8-4-1)11-13-9-5-2-6-10-13/h8-9,19H,1-7H2,(H,21,22);1-10H,11H2. The first-order valence-corrected chi connectivity index (χ1v) is 12.1. The van der Waals surface area contributed by atoms with Crippen LogP contribution in [0.25, 0.3) is 0 Å². The highest BCUT2D eigenvalue weighted by atomic mass is 16.5. The normalized spacial score (nSPS) is 17.1. The number of fused-ring (bicyclic) bond motifs is 1.